The van der Waals surface area contributed by atoms with E-state index in [1.54, 1.807) is 5.57 Å². The molecule has 5 aliphatic rings. The molecule has 33 heavy (non-hydrogen) atoms. The number of aliphatic hydroxyl groups is 3. The predicted octanol–water partition coefficient (Wildman–Crippen LogP) is 6.11. The first-order valence-electron chi connectivity index (χ1n) is 13.9. The Balaban J connectivity index is 1.57. The van der Waals surface area contributed by atoms with Crippen LogP contribution in [0.15, 0.2) is 11.6 Å². The second-order valence-corrected chi connectivity index (χ2v) is 15.1. The first-order valence-corrected chi connectivity index (χ1v) is 13.9. The minimum atomic E-state index is -0.388. The van der Waals surface area contributed by atoms with E-state index in [4.69, 9.17) is 0 Å². The molecule has 0 aromatic rings. The molecule has 0 radical (unpaired) electrons. The van der Waals surface area contributed by atoms with Crippen molar-refractivity contribution >= 4 is 0 Å². The monoisotopic (exact) mass is 458 g/mol. The van der Waals surface area contributed by atoms with Crippen molar-refractivity contribution in [3.8, 4) is 0 Å². The highest BCUT2D eigenvalue weighted by Gasteiger charge is 2.68. The molecule has 0 amide bonds. The molecule has 5 aliphatic carbocycles. The summed E-state index contributed by atoms with van der Waals surface area (Å²) in [5, 5.41) is 32.3. The molecular weight excluding hydrogens is 408 g/mol. The van der Waals surface area contributed by atoms with E-state index in [2.05, 4.69) is 54.5 Å². The number of hydrogen-bond donors (Lipinski definition) is 3. The molecule has 0 aliphatic heterocycles. The van der Waals surface area contributed by atoms with Gasteiger partial charge in [-0.05, 0) is 103 Å². The van der Waals surface area contributed by atoms with Gasteiger partial charge in [-0.15, -0.1) is 0 Å². The van der Waals surface area contributed by atoms with Crippen LogP contribution in [0.25, 0.3) is 0 Å². The summed E-state index contributed by atoms with van der Waals surface area (Å²) >= 11 is 0. The zero-order chi connectivity index (χ0) is 24.2. The lowest BCUT2D eigenvalue weighted by atomic mass is 9.33. The Bertz CT molecular complexity index is 847. The first kappa shape index (κ1) is 24.3. The Morgan fingerprint density at radius 2 is 1.52 bits per heavy atom. The second kappa shape index (κ2) is 7.10. The van der Waals surface area contributed by atoms with Gasteiger partial charge in [-0.25, -0.2) is 0 Å². The summed E-state index contributed by atoms with van der Waals surface area (Å²) in [6.07, 6.45) is 11.9. The van der Waals surface area contributed by atoms with E-state index < -0.39 is 0 Å². The maximum atomic E-state index is 10.9. The average molecular weight is 459 g/mol. The van der Waals surface area contributed by atoms with Crippen molar-refractivity contribution in [1.29, 1.82) is 0 Å². The van der Waals surface area contributed by atoms with Crippen LogP contribution in [0.4, 0.5) is 0 Å². The predicted molar refractivity (Wildman–Crippen MR) is 134 cm³/mol. The summed E-state index contributed by atoms with van der Waals surface area (Å²) in [6, 6.07) is 0. The van der Waals surface area contributed by atoms with Gasteiger partial charge in [0.1, 0.15) is 0 Å². The summed E-state index contributed by atoms with van der Waals surface area (Å²) in [5.74, 6) is 1.56. The first-order chi connectivity index (χ1) is 15.2. The summed E-state index contributed by atoms with van der Waals surface area (Å²) in [5.41, 5.74) is 2.16. The third kappa shape index (κ3) is 2.91. The number of hydrogen-bond acceptors (Lipinski definition) is 3. The van der Waals surface area contributed by atoms with Crippen molar-refractivity contribution in [1.82, 2.24) is 0 Å². The topological polar surface area (TPSA) is 60.7 Å². The molecule has 5 rings (SSSR count). The van der Waals surface area contributed by atoms with Crippen molar-refractivity contribution in [2.24, 2.45) is 50.2 Å². The molecule has 4 fully saturated rings. The summed E-state index contributed by atoms with van der Waals surface area (Å²) in [7, 11) is 0. The van der Waals surface area contributed by atoms with Gasteiger partial charge in [0.15, 0.2) is 0 Å². The van der Waals surface area contributed by atoms with Crippen molar-refractivity contribution in [3.05, 3.63) is 11.6 Å². The highest BCUT2D eigenvalue weighted by molar-refractivity contribution is 5.33. The minimum absolute atomic E-state index is 0.0207. The number of fused-ring (bicyclic) bond motifs is 7. The number of allylic oxidation sites excluding steroid dienone is 2. The van der Waals surface area contributed by atoms with E-state index >= 15 is 0 Å². The van der Waals surface area contributed by atoms with Gasteiger partial charge in [-0.1, -0.05) is 60.1 Å². The standard InChI is InChI=1S/C30H50O3/c1-25(2)16-20-19-8-9-22-27(4)12-11-23(32)28(5,18-31)21(27)10-13-30(22,7)29(19,6)15-14-26(20,3)17-24(25)33/h8,20-24,31-33H,9-18H2,1-7H3/t20-,21?,22?,23-,24+,26-,27-,28+,29+,30+/m0/s1. The molecule has 10 atom stereocenters. The molecular formula is C30H50O3. The largest absolute Gasteiger partial charge is 0.396 e. The van der Waals surface area contributed by atoms with E-state index in [-0.39, 0.29) is 51.3 Å². The zero-order valence-corrected chi connectivity index (χ0v) is 22.4. The molecule has 0 saturated heterocycles. The lowest BCUT2D eigenvalue weighted by Gasteiger charge is -2.71. The molecule has 3 N–H and O–H groups in total. The van der Waals surface area contributed by atoms with Crippen LogP contribution >= 0.6 is 0 Å². The molecule has 3 nitrogen and oxygen atoms in total. The van der Waals surface area contributed by atoms with Crippen LogP contribution in [0.2, 0.25) is 0 Å². The molecule has 188 valence electrons. The van der Waals surface area contributed by atoms with Gasteiger partial charge in [0.25, 0.3) is 0 Å². The smallest absolute Gasteiger partial charge is 0.0618 e. The van der Waals surface area contributed by atoms with Gasteiger partial charge in [0, 0.05) is 5.41 Å². The van der Waals surface area contributed by atoms with Gasteiger partial charge in [0.2, 0.25) is 0 Å². The van der Waals surface area contributed by atoms with Gasteiger partial charge in [-0.3, -0.25) is 0 Å². The lowest BCUT2D eigenvalue weighted by molar-refractivity contribution is -0.216. The molecule has 0 spiro atoms. The number of rotatable bonds is 1. The van der Waals surface area contributed by atoms with Crippen LogP contribution in [0.3, 0.4) is 0 Å². The average Bonchev–Trinajstić information content (AvgIpc) is 2.73. The fraction of sp³-hybridized carbons (Fsp3) is 0.933. The normalized spacial score (nSPS) is 57.8. The van der Waals surface area contributed by atoms with E-state index in [1.807, 2.05) is 0 Å². The molecule has 0 aromatic carbocycles. The van der Waals surface area contributed by atoms with Crippen molar-refractivity contribution < 1.29 is 15.3 Å². The molecule has 0 heterocycles. The van der Waals surface area contributed by atoms with Crippen LogP contribution in [-0.2, 0) is 0 Å². The van der Waals surface area contributed by atoms with Crippen molar-refractivity contribution in [3.63, 3.8) is 0 Å². The van der Waals surface area contributed by atoms with E-state index in [9.17, 15) is 15.3 Å². The third-order valence-electron chi connectivity index (χ3n) is 13.3. The summed E-state index contributed by atoms with van der Waals surface area (Å²) < 4.78 is 0. The maximum Gasteiger partial charge on any atom is 0.0618 e. The van der Waals surface area contributed by atoms with Crippen LogP contribution in [-0.4, -0.2) is 34.1 Å². The van der Waals surface area contributed by atoms with E-state index in [0.29, 0.717) is 17.8 Å². The molecule has 0 aromatic heterocycles. The number of aliphatic hydroxyl groups excluding tert-OH is 3. The second-order valence-electron chi connectivity index (χ2n) is 15.1. The SMILES string of the molecule is CC1(C)C[C@H]2C3=CCC4[C@@]5(C)CC[C@H](O)[C@](C)(CO)C5CC[C@@]4(C)[C@]3(C)CC[C@@]2(C)C[C@H]1O. The molecule has 0 bridgehead atoms. The van der Waals surface area contributed by atoms with Crippen LogP contribution < -0.4 is 0 Å². The summed E-state index contributed by atoms with van der Waals surface area (Å²) in [4.78, 5) is 0. The zero-order valence-electron chi connectivity index (χ0n) is 22.4. The highest BCUT2D eigenvalue weighted by atomic mass is 16.3. The summed E-state index contributed by atoms with van der Waals surface area (Å²) in [6.45, 7) is 16.9. The fourth-order valence-corrected chi connectivity index (χ4v) is 10.6. The van der Waals surface area contributed by atoms with Crippen molar-refractivity contribution in [2.45, 2.75) is 118 Å². The van der Waals surface area contributed by atoms with Crippen LogP contribution in [0, 0.1) is 50.2 Å². The maximum absolute atomic E-state index is 10.9. The van der Waals surface area contributed by atoms with Gasteiger partial charge in [0.05, 0.1) is 18.8 Å². The fourth-order valence-electron chi connectivity index (χ4n) is 10.6. The molecule has 4 saturated carbocycles. The molecule has 2 unspecified atom stereocenters. The lowest BCUT2D eigenvalue weighted by Crippen LogP contribution is -2.65. The minimum Gasteiger partial charge on any atom is -0.396 e. The highest BCUT2D eigenvalue weighted by Crippen LogP contribution is 2.75. The Labute approximate surface area is 202 Å². The quantitative estimate of drug-likeness (QED) is 0.415. The third-order valence-corrected chi connectivity index (χ3v) is 13.3. The Kier molecular flexibility index (Phi) is 5.23. The Hall–Kier alpha value is -0.380. The van der Waals surface area contributed by atoms with Gasteiger partial charge in [-0.2, -0.15) is 0 Å². The Morgan fingerprint density at radius 3 is 2.18 bits per heavy atom. The van der Waals surface area contributed by atoms with E-state index in [0.717, 1.165) is 38.5 Å². The van der Waals surface area contributed by atoms with Crippen molar-refractivity contribution in [2.75, 3.05) is 6.61 Å². The molecule has 3 heteroatoms. The van der Waals surface area contributed by atoms with Gasteiger partial charge >= 0.3 is 0 Å². The van der Waals surface area contributed by atoms with Crippen LogP contribution in [0.1, 0.15) is 106 Å². The van der Waals surface area contributed by atoms with E-state index in [1.165, 1.54) is 19.3 Å². The van der Waals surface area contributed by atoms with Crippen LogP contribution in [0.5, 0.6) is 0 Å². The Morgan fingerprint density at radius 1 is 0.818 bits per heavy atom. The van der Waals surface area contributed by atoms with Gasteiger partial charge < -0.3 is 15.3 Å².